The number of rotatable bonds is 4. The lowest BCUT2D eigenvalue weighted by Gasteiger charge is -2.07. The first kappa shape index (κ1) is 12.7. The van der Waals surface area contributed by atoms with E-state index in [2.05, 4.69) is 4.98 Å². The Morgan fingerprint density at radius 3 is 2.94 bits per heavy atom. The molecule has 18 heavy (non-hydrogen) atoms. The van der Waals surface area contributed by atoms with E-state index in [1.165, 1.54) is 17.0 Å². The molecule has 0 saturated carbocycles. The minimum absolute atomic E-state index is 0.140. The summed E-state index contributed by atoms with van der Waals surface area (Å²) in [7, 11) is 1.62. The Morgan fingerprint density at radius 1 is 1.44 bits per heavy atom. The predicted molar refractivity (Wildman–Crippen MR) is 67.2 cm³/mol. The number of ether oxygens (including phenoxy) is 1. The van der Waals surface area contributed by atoms with Crippen molar-refractivity contribution < 1.29 is 9.13 Å². The largest absolute Gasteiger partial charge is 0.385 e. The van der Waals surface area contributed by atoms with Crippen molar-refractivity contribution in [3.05, 3.63) is 40.2 Å². The molecule has 0 bridgehead atoms. The van der Waals surface area contributed by atoms with Gasteiger partial charge >= 0.3 is 0 Å². The highest BCUT2D eigenvalue weighted by atomic mass is 19.1. The van der Waals surface area contributed by atoms with Gasteiger partial charge in [0.05, 0.1) is 17.2 Å². The molecule has 0 fully saturated rings. The average Bonchev–Trinajstić information content (AvgIpc) is 2.35. The Morgan fingerprint density at radius 2 is 2.22 bits per heavy atom. The monoisotopic (exact) mass is 250 g/mol. The molecule has 0 unspecified atom stereocenters. The van der Waals surface area contributed by atoms with Crippen molar-refractivity contribution in [2.24, 2.45) is 0 Å². The van der Waals surface area contributed by atoms with E-state index < -0.39 is 0 Å². The summed E-state index contributed by atoms with van der Waals surface area (Å²) in [5.74, 6) is -0.341. The minimum Gasteiger partial charge on any atom is -0.385 e. The lowest BCUT2D eigenvalue weighted by Crippen LogP contribution is -2.21. The summed E-state index contributed by atoms with van der Waals surface area (Å²) < 4.78 is 19.8. The SMILES string of the molecule is COCCCn1cnc2cc(F)c(C)cc2c1=O. The van der Waals surface area contributed by atoms with Crippen LogP contribution in [0.25, 0.3) is 10.9 Å². The van der Waals surface area contributed by atoms with Crippen LogP contribution in [-0.2, 0) is 11.3 Å². The highest BCUT2D eigenvalue weighted by Gasteiger charge is 2.07. The number of fused-ring (bicyclic) bond motifs is 1. The van der Waals surface area contributed by atoms with Gasteiger partial charge < -0.3 is 4.74 Å². The van der Waals surface area contributed by atoms with Crippen LogP contribution in [0.5, 0.6) is 0 Å². The van der Waals surface area contributed by atoms with Crippen LogP contribution in [0, 0.1) is 12.7 Å². The van der Waals surface area contributed by atoms with Crippen LogP contribution in [0.15, 0.2) is 23.3 Å². The van der Waals surface area contributed by atoms with E-state index in [0.717, 1.165) is 6.42 Å². The third kappa shape index (κ3) is 2.41. The van der Waals surface area contributed by atoms with Gasteiger partial charge in [0, 0.05) is 26.3 Å². The molecule has 0 aliphatic rings. The van der Waals surface area contributed by atoms with Crippen molar-refractivity contribution in [1.29, 1.82) is 0 Å². The fourth-order valence-electron chi connectivity index (χ4n) is 1.83. The molecular weight excluding hydrogens is 235 g/mol. The summed E-state index contributed by atoms with van der Waals surface area (Å²) >= 11 is 0. The maximum Gasteiger partial charge on any atom is 0.261 e. The van der Waals surface area contributed by atoms with Gasteiger partial charge in [-0.15, -0.1) is 0 Å². The van der Waals surface area contributed by atoms with Crippen LogP contribution in [0.4, 0.5) is 4.39 Å². The molecule has 0 spiro atoms. The Balaban J connectivity index is 2.44. The third-order valence-electron chi connectivity index (χ3n) is 2.85. The molecule has 0 radical (unpaired) electrons. The average molecular weight is 250 g/mol. The Labute approximate surface area is 104 Å². The second-order valence-corrected chi connectivity index (χ2v) is 4.21. The number of aromatic nitrogens is 2. The summed E-state index contributed by atoms with van der Waals surface area (Å²) in [6, 6.07) is 2.85. The molecule has 5 heteroatoms. The van der Waals surface area contributed by atoms with Crippen LogP contribution >= 0.6 is 0 Å². The second kappa shape index (κ2) is 5.27. The number of halogens is 1. The number of hydrogen-bond acceptors (Lipinski definition) is 3. The number of benzene rings is 1. The van der Waals surface area contributed by atoms with Crippen LogP contribution in [0.2, 0.25) is 0 Å². The number of nitrogens with zero attached hydrogens (tertiary/aromatic N) is 2. The molecule has 96 valence electrons. The van der Waals surface area contributed by atoms with E-state index in [0.29, 0.717) is 29.6 Å². The molecule has 0 N–H and O–H groups in total. The van der Waals surface area contributed by atoms with Gasteiger partial charge in [-0.25, -0.2) is 9.37 Å². The maximum absolute atomic E-state index is 13.4. The molecule has 0 atom stereocenters. The van der Waals surface area contributed by atoms with Gasteiger partial charge in [-0.2, -0.15) is 0 Å². The molecule has 4 nitrogen and oxygen atoms in total. The topological polar surface area (TPSA) is 44.1 Å². The fourth-order valence-corrected chi connectivity index (χ4v) is 1.83. The molecule has 2 aromatic rings. The van der Waals surface area contributed by atoms with Crippen molar-refractivity contribution in [1.82, 2.24) is 9.55 Å². The Hall–Kier alpha value is -1.75. The summed E-state index contributed by atoms with van der Waals surface area (Å²) in [5, 5.41) is 0.453. The Bertz CT molecular complexity index is 622. The summed E-state index contributed by atoms with van der Waals surface area (Å²) in [5.41, 5.74) is 0.710. The number of aryl methyl sites for hydroxylation is 2. The molecule has 2 rings (SSSR count). The van der Waals surface area contributed by atoms with Crippen LogP contribution in [0.1, 0.15) is 12.0 Å². The number of methoxy groups -OCH3 is 1. The molecular formula is C13H15FN2O2. The first-order chi connectivity index (χ1) is 8.63. The van der Waals surface area contributed by atoms with E-state index in [1.54, 1.807) is 20.1 Å². The first-order valence-corrected chi connectivity index (χ1v) is 5.77. The van der Waals surface area contributed by atoms with E-state index in [9.17, 15) is 9.18 Å². The second-order valence-electron chi connectivity index (χ2n) is 4.21. The van der Waals surface area contributed by atoms with Gasteiger partial charge in [-0.3, -0.25) is 9.36 Å². The van der Waals surface area contributed by atoms with E-state index in [-0.39, 0.29) is 11.4 Å². The molecule has 0 amide bonds. The van der Waals surface area contributed by atoms with Crippen molar-refractivity contribution in [2.45, 2.75) is 19.9 Å². The fraction of sp³-hybridized carbons (Fsp3) is 0.385. The van der Waals surface area contributed by atoms with Crippen LogP contribution in [0.3, 0.4) is 0 Å². The Kier molecular flexibility index (Phi) is 3.72. The molecule has 0 aliphatic heterocycles. The molecule has 1 aromatic heterocycles. The minimum atomic E-state index is -0.341. The smallest absolute Gasteiger partial charge is 0.261 e. The van der Waals surface area contributed by atoms with Gasteiger partial charge in [0.1, 0.15) is 5.82 Å². The van der Waals surface area contributed by atoms with Crippen molar-refractivity contribution in [3.8, 4) is 0 Å². The van der Waals surface area contributed by atoms with Gasteiger partial charge in [0.25, 0.3) is 5.56 Å². The van der Waals surface area contributed by atoms with Gasteiger partial charge in [-0.1, -0.05) is 0 Å². The van der Waals surface area contributed by atoms with E-state index >= 15 is 0 Å². The molecule has 0 saturated heterocycles. The normalized spacial score (nSPS) is 11.1. The van der Waals surface area contributed by atoms with Crippen molar-refractivity contribution >= 4 is 10.9 Å². The maximum atomic E-state index is 13.4. The van der Waals surface area contributed by atoms with E-state index in [4.69, 9.17) is 4.74 Å². The zero-order valence-electron chi connectivity index (χ0n) is 10.4. The van der Waals surface area contributed by atoms with Gasteiger partial charge in [0.2, 0.25) is 0 Å². The third-order valence-corrected chi connectivity index (χ3v) is 2.85. The summed E-state index contributed by atoms with van der Waals surface area (Å²) in [4.78, 5) is 16.3. The lowest BCUT2D eigenvalue weighted by atomic mass is 10.1. The van der Waals surface area contributed by atoms with Gasteiger partial charge in [0.15, 0.2) is 0 Å². The van der Waals surface area contributed by atoms with Crippen LogP contribution in [-0.4, -0.2) is 23.3 Å². The standard InChI is InChI=1S/C13H15FN2O2/c1-9-6-10-12(7-11(9)14)15-8-16(13(10)17)4-3-5-18-2/h6-8H,3-5H2,1-2H3. The van der Waals surface area contributed by atoms with Gasteiger partial charge in [-0.05, 0) is 25.0 Å². The first-order valence-electron chi connectivity index (χ1n) is 5.77. The molecule has 1 heterocycles. The molecule has 0 aliphatic carbocycles. The lowest BCUT2D eigenvalue weighted by molar-refractivity contribution is 0.190. The number of hydrogen-bond donors (Lipinski definition) is 0. The van der Waals surface area contributed by atoms with Crippen molar-refractivity contribution in [2.75, 3.05) is 13.7 Å². The van der Waals surface area contributed by atoms with E-state index in [1.807, 2.05) is 0 Å². The quantitative estimate of drug-likeness (QED) is 0.778. The molecule has 1 aromatic carbocycles. The zero-order valence-corrected chi connectivity index (χ0v) is 10.4. The highest BCUT2D eigenvalue weighted by Crippen LogP contribution is 2.13. The predicted octanol–water partition coefficient (Wildman–Crippen LogP) is 1.88. The zero-order chi connectivity index (χ0) is 13.1. The van der Waals surface area contributed by atoms with Crippen molar-refractivity contribution in [3.63, 3.8) is 0 Å². The summed E-state index contributed by atoms with van der Waals surface area (Å²) in [6.07, 6.45) is 2.19. The highest BCUT2D eigenvalue weighted by molar-refractivity contribution is 5.78. The summed E-state index contributed by atoms with van der Waals surface area (Å²) in [6.45, 7) is 2.77. The van der Waals surface area contributed by atoms with Crippen LogP contribution < -0.4 is 5.56 Å².